The van der Waals surface area contributed by atoms with Gasteiger partial charge in [-0.05, 0) is 31.9 Å². The highest BCUT2D eigenvalue weighted by molar-refractivity contribution is 7.98. The molecule has 130 valence electrons. The van der Waals surface area contributed by atoms with Gasteiger partial charge in [0.15, 0.2) is 0 Å². The van der Waals surface area contributed by atoms with E-state index in [1.165, 1.54) is 25.7 Å². The number of nitrogens with one attached hydrogen (secondary N) is 1. The van der Waals surface area contributed by atoms with E-state index in [1.807, 2.05) is 37.3 Å². The second-order valence-electron chi connectivity index (χ2n) is 6.38. The molecule has 0 saturated heterocycles. The van der Waals surface area contributed by atoms with E-state index >= 15 is 0 Å². The van der Waals surface area contributed by atoms with E-state index < -0.39 is 0 Å². The highest BCUT2D eigenvalue weighted by atomic mass is 35.5. The van der Waals surface area contributed by atoms with Crippen LogP contribution in [0, 0.1) is 6.92 Å². The Kier molecular flexibility index (Phi) is 4.81. The van der Waals surface area contributed by atoms with E-state index in [2.05, 4.69) is 20.3 Å². The minimum Gasteiger partial charge on any atom is -0.262 e. The van der Waals surface area contributed by atoms with Crippen LogP contribution < -0.4 is 0 Å². The third-order valence-corrected chi connectivity index (χ3v) is 5.95. The maximum Gasteiger partial charge on any atom is 0.208 e. The molecule has 1 aliphatic carbocycles. The molecule has 0 atom stereocenters. The zero-order valence-electron chi connectivity index (χ0n) is 14.1. The molecule has 1 aromatic carbocycles. The van der Waals surface area contributed by atoms with Crippen molar-refractivity contribution in [2.24, 2.45) is 0 Å². The van der Waals surface area contributed by atoms with Crippen LogP contribution in [0.2, 0.25) is 5.15 Å². The Balaban J connectivity index is 1.49. The van der Waals surface area contributed by atoms with Crippen molar-refractivity contribution >= 4 is 23.4 Å². The minimum absolute atomic E-state index is 0.549. The quantitative estimate of drug-likeness (QED) is 0.646. The normalized spacial score (nSPS) is 15.1. The summed E-state index contributed by atoms with van der Waals surface area (Å²) in [6.07, 6.45) is 5.02. The molecule has 0 spiro atoms. The lowest BCUT2D eigenvalue weighted by molar-refractivity contribution is 0.671. The standard InChI is InChI=1S/C18H20ClN5S/c1-12-15(16(19)24(23-12)14-9-3-2-4-10-14)11-25-18-20-17(21-22-18)13-7-5-6-8-13/h2-4,9-10,13H,5-8,11H2,1H3,(H,20,21,22). The van der Waals surface area contributed by atoms with Crippen molar-refractivity contribution in [2.75, 3.05) is 0 Å². The van der Waals surface area contributed by atoms with Gasteiger partial charge in [-0.3, -0.25) is 5.10 Å². The van der Waals surface area contributed by atoms with Gasteiger partial charge in [0.1, 0.15) is 11.0 Å². The lowest BCUT2D eigenvalue weighted by atomic mass is 10.1. The topological polar surface area (TPSA) is 59.4 Å². The number of aromatic amines is 1. The molecule has 2 aromatic heterocycles. The van der Waals surface area contributed by atoms with Crippen LogP contribution in [0.1, 0.15) is 48.7 Å². The van der Waals surface area contributed by atoms with Crippen LogP contribution in [0.15, 0.2) is 35.5 Å². The van der Waals surface area contributed by atoms with Gasteiger partial charge in [0.25, 0.3) is 0 Å². The lowest BCUT2D eigenvalue weighted by Crippen LogP contribution is -1.96. The summed E-state index contributed by atoms with van der Waals surface area (Å²) in [6.45, 7) is 1.99. The van der Waals surface area contributed by atoms with Gasteiger partial charge in [0.2, 0.25) is 5.16 Å². The van der Waals surface area contributed by atoms with Crippen LogP contribution in [-0.4, -0.2) is 25.0 Å². The van der Waals surface area contributed by atoms with Crippen molar-refractivity contribution in [1.82, 2.24) is 25.0 Å². The predicted octanol–water partition coefficient (Wildman–Crippen LogP) is 4.90. The molecule has 25 heavy (non-hydrogen) atoms. The summed E-state index contributed by atoms with van der Waals surface area (Å²) in [5, 5.41) is 13.5. The van der Waals surface area contributed by atoms with Crippen LogP contribution in [0.25, 0.3) is 5.69 Å². The molecule has 1 aliphatic rings. The molecule has 3 aromatic rings. The average molecular weight is 374 g/mol. The van der Waals surface area contributed by atoms with Gasteiger partial charge in [0, 0.05) is 17.2 Å². The van der Waals surface area contributed by atoms with Crippen molar-refractivity contribution < 1.29 is 0 Å². The number of thioether (sulfide) groups is 1. The second-order valence-corrected chi connectivity index (χ2v) is 7.68. The number of aryl methyl sites for hydroxylation is 1. The summed E-state index contributed by atoms with van der Waals surface area (Å²) in [6, 6.07) is 9.94. The summed E-state index contributed by atoms with van der Waals surface area (Å²) in [7, 11) is 0. The van der Waals surface area contributed by atoms with E-state index in [9.17, 15) is 0 Å². The van der Waals surface area contributed by atoms with E-state index in [0.717, 1.165) is 27.9 Å². The van der Waals surface area contributed by atoms with Crippen molar-refractivity contribution in [2.45, 2.75) is 49.4 Å². The van der Waals surface area contributed by atoms with E-state index in [4.69, 9.17) is 11.6 Å². The number of benzene rings is 1. The molecule has 0 aliphatic heterocycles. The van der Waals surface area contributed by atoms with Gasteiger partial charge in [-0.25, -0.2) is 9.67 Å². The summed E-state index contributed by atoms with van der Waals surface area (Å²) in [5.41, 5.74) is 2.93. The fourth-order valence-corrected chi connectivity index (χ4v) is 4.59. The number of para-hydroxylation sites is 1. The van der Waals surface area contributed by atoms with Gasteiger partial charge in [-0.1, -0.05) is 54.4 Å². The number of aromatic nitrogens is 5. The van der Waals surface area contributed by atoms with Gasteiger partial charge in [0.05, 0.1) is 11.4 Å². The Morgan fingerprint density at radius 3 is 2.76 bits per heavy atom. The first-order valence-corrected chi connectivity index (χ1v) is 9.93. The first kappa shape index (κ1) is 16.7. The zero-order valence-corrected chi connectivity index (χ0v) is 15.6. The zero-order chi connectivity index (χ0) is 17.2. The van der Waals surface area contributed by atoms with Gasteiger partial charge in [-0.2, -0.15) is 5.10 Å². The molecule has 1 saturated carbocycles. The third kappa shape index (κ3) is 3.46. The van der Waals surface area contributed by atoms with Crippen LogP contribution in [0.4, 0.5) is 0 Å². The van der Waals surface area contributed by atoms with Crippen molar-refractivity contribution in [3.05, 3.63) is 52.6 Å². The number of nitrogens with zero attached hydrogens (tertiary/aromatic N) is 4. The van der Waals surface area contributed by atoms with Crippen molar-refractivity contribution in [1.29, 1.82) is 0 Å². The molecule has 7 heteroatoms. The maximum absolute atomic E-state index is 6.58. The summed E-state index contributed by atoms with van der Waals surface area (Å²) in [5.74, 6) is 2.29. The Morgan fingerprint density at radius 1 is 1.24 bits per heavy atom. The molecule has 0 radical (unpaired) electrons. The molecule has 5 nitrogen and oxygen atoms in total. The molecule has 0 bridgehead atoms. The van der Waals surface area contributed by atoms with Gasteiger partial charge in [-0.15, -0.1) is 5.10 Å². The Labute approximate surface area is 156 Å². The number of H-pyrrole nitrogens is 1. The Bertz CT molecular complexity index is 852. The molecule has 2 heterocycles. The van der Waals surface area contributed by atoms with Crippen LogP contribution in [0.3, 0.4) is 0 Å². The highest BCUT2D eigenvalue weighted by Crippen LogP contribution is 2.34. The van der Waals surface area contributed by atoms with E-state index in [0.29, 0.717) is 16.8 Å². The fraction of sp³-hybridized carbons (Fsp3) is 0.389. The Hall–Kier alpha value is -1.79. The number of hydrogen-bond acceptors (Lipinski definition) is 4. The molecule has 0 amide bonds. The average Bonchev–Trinajstić information content (AvgIpc) is 3.35. The SMILES string of the molecule is Cc1nn(-c2ccccc2)c(Cl)c1CSc1n[nH]c(C2CCCC2)n1. The highest BCUT2D eigenvalue weighted by Gasteiger charge is 2.21. The molecule has 1 N–H and O–H groups in total. The maximum atomic E-state index is 6.58. The lowest BCUT2D eigenvalue weighted by Gasteiger charge is -2.03. The largest absolute Gasteiger partial charge is 0.262 e. The van der Waals surface area contributed by atoms with Crippen LogP contribution in [0.5, 0.6) is 0 Å². The van der Waals surface area contributed by atoms with Gasteiger partial charge < -0.3 is 0 Å². The molecule has 0 unspecified atom stereocenters. The minimum atomic E-state index is 0.549. The number of halogens is 1. The molecular formula is C18H20ClN5S. The van der Waals surface area contributed by atoms with E-state index in [-0.39, 0.29) is 0 Å². The summed E-state index contributed by atoms with van der Waals surface area (Å²) < 4.78 is 1.79. The van der Waals surface area contributed by atoms with Crippen molar-refractivity contribution in [3.63, 3.8) is 0 Å². The van der Waals surface area contributed by atoms with Crippen LogP contribution in [-0.2, 0) is 5.75 Å². The van der Waals surface area contributed by atoms with Crippen molar-refractivity contribution in [3.8, 4) is 5.69 Å². The molecule has 4 rings (SSSR count). The first-order valence-electron chi connectivity index (χ1n) is 8.57. The first-order chi connectivity index (χ1) is 12.2. The monoisotopic (exact) mass is 373 g/mol. The summed E-state index contributed by atoms with van der Waals surface area (Å²) in [4.78, 5) is 4.66. The molecule has 1 fully saturated rings. The molecular weight excluding hydrogens is 354 g/mol. The van der Waals surface area contributed by atoms with Gasteiger partial charge >= 0.3 is 0 Å². The number of rotatable bonds is 5. The smallest absolute Gasteiger partial charge is 0.208 e. The number of hydrogen-bond donors (Lipinski definition) is 1. The van der Waals surface area contributed by atoms with Crippen LogP contribution >= 0.6 is 23.4 Å². The summed E-state index contributed by atoms with van der Waals surface area (Å²) >= 11 is 8.18. The fourth-order valence-electron chi connectivity index (χ4n) is 3.28. The second kappa shape index (κ2) is 7.22. The Morgan fingerprint density at radius 2 is 2.00 bits per heavy atom. The predicted molar refractivity (Wildman–Crippen MR) is 100 cm³/mol. The van der Waals surface area contributed by atoms with E-state index in [1.54, 1.807) is 16.4 Å². The third-order valence-electron chi connectivity index (χ3n) is 4.69.